The quantitative estimate of drug-likeness (QED) is 0.715. The molecule has 7 heteroatoms. The van der Waals surface area contributed by atoms with E-state index in [1.54, 1.807) is 25.1 Å². The molecule has 0 bridgehead atoms. The lowest BCUT2D eigenvalue weighted by molar-refractivity contribution is 0.568. The van der Waals surface area contributed by atoms with Crippen molar-refractivity contribution in [3.63, 3.8) is 0 Å². The van der Waals surface area contributed by atoms with E-state index in [-0.39, 0.29) is 10.9 Å². The van der Waals surface area contributed by atoms with Crippen LogP contribution in [0.1, 0.15) is 29.8 Å². The monoisotopic (exact) mass is 377 g/mol. The molecule has 0 spiro atoms. The maximum Gasteiger partial charge on any atom is 0.241 e. The SMILES string of the molecule is CC(NS(=O)(=O)c1ccc(CCCCl)cc1)c1ccc(Cl)s1. The summed E-state index contributed by atoms with van der Waals surface area (Å²) in [6, 6.07) is 10.2. The van der Waals surface area contributed by atoms with Gasteiger partial charge in [0.25, 0.3) is 0 Å². The summed E-state index contributed by atoms with van der Waals surface area (Å²) in [5.74, 6) is 0.600. The average Bonchev–Trinajstić information content (AvgIpc) is 2.92. The van der Waals surface area contributed by atoms with E-state index in [1.807, 2.05) is 18.2 Å². The first-order chi connectivity index (χ1) is 10.4. The second kappa shape index (κ2) is 7.79. The van der Waals surface area contributed by atoms with Gasteiger partial charge in [0.1, 0.15) is 0 Å². The molecule has 22 heavy (non-hydrogen) atoms. The molecule has 0 saturated heterocycles. The molecule has 3 nitrogen and oxygen atoms in total. The van der Waals surface area contributed by atoms with Gasteiger partial charge in [-0.3, -0.25) is 0 Å². The van der Waals surface area contributed by atoms with Crippen molar-refractivity contribution < 1.29 is 8.42 Å². The van der Waals surface area contributed by atoms with E-state index in [9.17, 15) is 8.42 Å². The highest BCUT2D eigenvalue weighted by Gasteiger charge is 2.19. The van der Waals surface area contributed by atoms with Crippen molar-refractivity contribution in [2.75, 3.05) is 5.88 Å². The third kappa shape index (κ3) is 4.70. The van der Waals surface area contributed by atoms with E-state index >= 15 is 0 Å². The van der Waals surface area contributed by atoms with Gasteiger partial charge in [-0.05, 0) is 49.6 Å². The van der Waals surface area contributed by atoms with Gasteiger partial charge in [-0.15, -0.1) is 22.9 Å². The molecule has 0 aliphatic heterocycles. The molecule has 1 N–H and O–H groups in total. The minimum Gasteiger partial charge on any atom is -0.207 e. The van der Waals surface area contributed by atoms with Gasteiger partial charge in [-0.25, -0.2) is 13.1 Å². The van der Waals surface area contributed by atoms with Crippen molar-refractivity contribution in [1.82, 2.24) is 4.72 Å². The number of alkyl halides is 1. The molecular weight excluding hydrogens is 361 g/mol. The van der Waals surface area contributed by atoms with E-state index in [4.69, 9.17) is 23.2 Å². The summed E-state index contributed by atoms with van der Waals surface area (Å²) in [5, 5.41) is 0. The number of benzene rings is 1. The lowest BCUT2D eigenvalue weighted by atomic mass is 10.1. The smallest absolute Gasteiger partial charge is 0.207 e. The lowest BCUT2D eigenvalue weighted by Crippen LogP contribution is -2.26. The van der Waals surface area contributed by atoms with Crippen LogP contribution in [0.2, 0.25) is 4.34 Å². The first-order valence-electron chi connectivity index (χ1n) is 6.85. The Kier molecular flexibility index (Phi) is 6.29. The normalized spacial score (nSPS) is 13.2. The molecule has 0 aliphatic rings. The Labute approximate surface area is 145 Å². The third-order valence-corrected chi connectivity index (χ3v) is 6.42. The fraction of sp³-hybridized carbons (Fsp3) is 0.333. The Morgan fingerprint density at radius 2 is 1.86 bits per heavy atom. The van der Waals surface area contributed by atoms with Gasteiger partial charge in [0.05, 0.1) is 15.3 Å². The van der Waals surface area contributed by atoms with Crippen molar-refractivity contribution in [3.05, 3.63) is 51.2 Å². The van der Waals surface area contributed by atoms with Gasteiger partial charge in [-0.2, -0.15) is 0 Å². The molecule has 2 rings (SSSR count). The summed E-state index contributed by atoms with van der Waals surface area (Å²) < 4.78 is 28.1. The Morgan fingerprint density at radius 1 is 1.18 bits per heavy atom. The molecule has 0 radical (unpaired) electrons. The van der Waals surface area contributed by atoms with E-state index < -0.39 is 10.0 Å². The molecule has 1 unspecified atom stereocenters. The Morgan fingerprint density at radius 3 is 2.41 bits per heavy atom. The number of nitrogens with one attached hydrogen (secondary N) is 1. The summed E-state index contributed by atoms with van der Waals surface area (Å²) in [5.41, 5.74) is 1.08. The van der Waals surface area contributed by atoms with E-state index in [2.05, 4.69) is 4.72 Å². The fourth-order valence-corrected chi connectivity index (χ4v) is 4.52. The summed E-state index contributed by atoms with van der Waals surface area (Å²) in [4.78, 5) is 1.14. The molecule has 0 fully saturated rings. The van der Waals surface area contributed by atoms with Crippen LogP contribution in [0.25, 0.3) is 0 Å². The van der Waals surface area contributed by atoms with Crippen LogP contribution in [0.4, 0.5) is 0 Å². The van der Waals surface area contributed by atoms with Crippen molar-refractivity contribution >= 4 is 44.6 Å². The predicted octanol–water partition coefficient (Wildman–Crippen LogP) is 4.61. The number of rotatable bonds is 7. The fourth-order valence-electron chi connectivity index (χ4n) is 2.03. The van der Waals surface area contributed by atoms with E-state index in [0.717, 1.165) is 23.3 Å². The molecule has 2 aromatic rings. The minimum absolute atomic E-state index is 0.261. The van der Waals surface area contributed by atoms with Crippen LogP contribution in [0.3, 0.4) is 0 Å². The van der Waals surface area contributed by atoms with Crippen LogP contribution in [0.5, 0.6) is 0 Å². The Bertz CT molecular complexity index is 711. The first kappa shape index (κ1) is 17.8. The van der Waals surface area contributed by atoms with Crippen LogP contribution in [0, 0.1) is 0 Å². The van der Waals surface area contributed by atoms with Crippen molar-refractivity contribution in [2.45, 2.75) is 30.7 Å². The predicted molar refractivity (Wildman–Crippen MR) is 93.5 cm³/mol. The van der Waals surface area contributed by atoms with Crippen LogP contribution in [-0.4, -0.2) is 14.3 Å². The molecule has 0 saturated carbocycles. The van der Waals surface area contributed by atoms with Gasteiger partial charge in [0.2, 0.25) is 10.0 Å². The average molecular weight is 378 g/mol. The second-order valence-corrected chi connectivity index (χ2v) is 8.76. The zero-order valence-electron chi connectivity index (χ0n) is 12.1. The van der Waals surface area contributed by atoms with Crippen LogP contribution < -0.4 is 4.72 Å². The highest BCUT2D eigenvalue weighted by Crippen LogP contribution is 2.27. The molecule has 120 valence electrons. The van der Waals surface area contributed by atoms with Crippen LogP contribution >= 0.6 is 34.5 Å². The van der Waals surface area contributed by atoms with Gasteiger partial charge in [-0.1, -0.05) is 23.7 Å². The number of hydrogen-bond acceptors (Lipinski definition) is 3. The molecule has 1 aromatic heterocycles. The molecule has 0 amide bonds. The Balaban J connectivity index is 2.09. The highest BCUT2D eigenvalue weighted by molar-refractivity contribution is 7.89. The van der Waals surface area contributed by atoms with Gasteiger partial charge in [0.15, 0.2) is 0 Å². The Hall–Kier alpha value is -0.590. The zero-order chi connectivity index (χ0) is 16.2. The summed E-state index contributed by atoms with van der Waals surface area (Å²) in [6.45, 7) is 1.80. The van der Waals surface area contributed by atoms with Crippen LogP contribution in [0.15, 0.2) is 41.3 Å². The number of halogens is 2. The molecule has 1 aromatic carbocycles. The van der Waals surface area contributed by atoms with Crippen molar-refractivity contribution in [3.8, 4) is 0 Å². The van der Waals surface area contributed by atoms with E-state index in [0.29, 0.717) is 10.2 Å². The largest absolute Gasteiger partial charge is 0.241 e. The summed E-state index contributed by atoms with van der Waals surface area (Å²) in [7, 11) is -3.55. The highest BCUT2D eigenvalue weighted by atomic mass is 35.5. The van der Waals surface area contributed by atoms with Gasteiger partial charge in [0, 0.05) is 10.8 Å². The number of thiophene rings is 1. The number of aryl methyl sites for hydroxylation is 1. The third-order valence-electron chi connectivity index (χ3n) is 3.19. The topological polar surface area (TPSA) is 46.2 Å². The summed E-state index contributed by atoms with van der Waals surface area (Å²) >= 11 is 12.9. The number of sulfonamides is 1. The maximum atomic E-state index is 12.4. The van der Waals surface area contributed by atoms with Crippen molar-refractivity contribution in [1.29, 1.82) is 0 Å². The number of hydrogen-bond donors (Lipinski definition) is 1. The molecule has 1 heterocycles. The second-order valence-electron chi connectivity index (χ2n) is 4.92. The van der Waals surface area contributed by atoms with Gasteiger partial charge < -0.3 is 0 Å². The maximum absolute atomic E-state index is 12.4. The minimum atomic E-state index is -3.55. The van der Waals surface area contributed by atoms with Crippen LogP contribution in [-0.2, 0) is 16.4 Å². The van der Waals surface area contributed by atoms with E-state index in [1.165, 1.54) is 11.3 Å². The molecular formula is C15H17Cl2NO2S2. The van der Waals surface area contributed by atoms with Gasteiger partial charge >= 0.3 is 0 Å². The molecule has 0 aliphatic carbocycles. The standard InChI is InChI=1S/C15H17Cl2NO2S2/c1-11(14-8-9-15(17)21-14)18-22(19,20)13-6-4-12(5-7-13)3-2-10-16/h4-9,11,18H,2-3,10H2,1H3. The summed E-state index contributed by atoms with van der Waals surface area (Å²) in [6.07, 6.45) is 1.73. The first-order valence-corrected chi connectivity index (χ1v) is 10.1. The molecule has 1 atom stereocenters. The zero-order valence-corrected chi connectivity index (χ0v) is 15.2. The van der Waals surface area contributed by atoms with Crippen molar-refractivity contribution in [2.24, 2.45) is 0 Å². The lowest BCUT2D eigenvalue weighted by Gasteiger charge is -2.13.